The van der Waals surface area contributed by atoms with Crippen LogP contribution < -0.4 is 5.32 Å². The highest BCUT2D eigenvalue weighted by molar-refractivity contribution is 5.94. The van der Waals surface area contributed by atoms with E-state index < -0.39 is 0 Å². The normalized spacial score (nSPS) is 13.9. The van der Waals surface area contributed by atoms with Crippen LogP contribution in [0.15, 0.2) is 53.2 Å². The molecule has 0 atom stereocenters. The predicted molar refractivity (Wildman–Crippen MR) is 91.1 cm³/mol. The van der Waals surface area contributed by atoms with Gasteiger partial charge in [-0.15, -0.1) is 0 Å². The molecule has 3 rings (SSSR count). The van der Waals surface area contributed by atoms with Gasteiger partial charge in [0.05, 0.1) is 6.26 Å². The molecule has 1 aromatic carbocycles. The van der Waals surface area contributed by atoms with E-state index in [1.807, 2.05) is 23.1 Å². The molecule has 2 amide bonds. The molecule has 1 fully saturated rings. The second-order valence-electron chi connectivity index (χ2n) is 5.82. The Bertz CT molecular complexity index is 728. The molecule has 5 nitrogen and oxygen atoms in total. The van der Waals surface area contributed by atoms with Crippen molar-refractivity contribution in [3.63, 3.8) is 0 Å². The lowest BCUT2D eigenvalue weighted by molar-refractivity contribution is -0.127. The quantitative estimate of drug-likeness (QED) is 0.831. The maximum Gasteiger partial charge on any atom is 0.251 e. The van der Waals surface area contributed by atoms with Gasteiger partial charge in [0.25, 0.3) is 5.91 Å². The molecular weight excluding hydrogens is 304 g/mol. The molecule has 0 spiro atoms. The van der Waals surface area contributed by atoms with Crippen molar-refractivity contribution < 1.29 is 14.0 Å². The minimum absolute atomic E-state index is 0.0238. The van der Waals surface area contributed by atoms with Crippen LogP contribution in [0.2, 0.25) is 0 Å². The number of carbonyl (C=O) groups is 2. The number of hydrogen-bond acceptors (Lipinski definition) is 3. The molecule has 1 aromatic heterocycles. The van der Waals surface area contributed by atoms with Gasteiger partial charge in [0, 0.05) is 31.3 Å². The molecule has 2 aromatic rings. The molecule has 0 radical (unpaired) electrons. The summed E-state index contributed by atoms with van der Waals surface area (Å²) in [5.41, 5.74) is 1.62. The van der Waals surface area contributed by atoms with Crippen LogP contribution in [0.4, 0.5) is 0 Å². The lowest BCUT2D eigenvalue weighted by Crippen LogP contribution is -2.31. The third-order valence-corrected chi connectivity index (χ3v) is 4.00. The van der Waals surface area contributed by atoms with Gasteiger partial charge in [-0.3, -0.25) is 9.59 Å². The molecule has 1 aliphatic rings. The summed E-state index contributed by atoms with van der Waals surface area (Å²) in [6.07, 6.45) is 6.90. The summed E-state index contributed by atoms with van der Waals surface area (Å²) in [5.74, 6) is 0.524. The number of furan rings is 1. The Morgan fingerprint density at radius 2 is 2.00 bits per heavy atom. The third-order valence-electron chi connectivity index (χ3n) is 4.00. The van der Waals surface area contributed by atoms with E-state index >= 15 is 0 Å². The second-order valence-corrected chi connectivity index (χ2v) is 5.82. The monoisotopic (exact) mass is 324 g/mol. The largest absolute Gasteiger partial charge is 0.465 e. The smallest absolute Gasteiger partial charge is 0.251 e. The Hall–Kier alpha value is -2.82. The highest BCUT2D eigenvalue weighted by Crippen LogP contribution is 2.28. The Balaban J connectivity index is 1.68. The Morgan fingerprint density at radius 1 is 1.25 bits per heavy atom. The molecule has 1 aliphatic carbocycles. The highest BCUT2D eigenvalue weighted by atomic mass is 16.3. The van der Waals surface area contributed by atoms with Crippen LogP contribution in [0.1, 0.15) is 34.5 Å². The van der Waals surface area contributed by atoms with E-state index in [-0.39, 0.29) is 11.8 Å². The minimum atomic E-state index is -0.113. The topological polar surface area (TPSA) is 62.6 Å². The summed E-state index contributed by atoms with van der Waals surface area (Å²) in [6.45, 7) is 0.542. The number of hydrogen-bond donors (Lipinski definition) is 1. The summed E-state index contributed by atoms with van der Waals surface area (Å²) in [6, 6.07) is 11.2. The summed E-state index contributed by atoms with van der Waals surface area (Å²) in [5, 5.41) is 2.60. The maximum atomic E-state index is 12.5. The Kier molecular flexibility index (Phi) is 4.79. The van der Waals surface area contributed by atoms with Crippen LogP contribution in [0.25, 0.3) is 6.08 Å². The summed E-state index contributed by atoms with van der Waals surface area (Å²) in [7, 11) is 1.61. The van der Waals surface area contributed by atoms with E-state index in [9.17, 15) is 9.59 Å². The van der Waals surface area contributed by atoms with Crippen molar-refractivity contribution in [2.45, 2.75) is 25.4 Å². The first-order chi connectivity index (χ1) is 11.7. The van der Waals surface area contributed by atoms with Gasteiger partial charge in [0.2, 0.25) is 5.91 Å². The highest BCUT2D eigenvalue weighted by Gasteiger charge is 2.31. The molecule has 1 heterocycles. The molecule has 0 saturated heterocycles. The molecular formula is C19H20N2O3. The fraction of sp³-hybridized carbons (Fsp3) is 0.263. The van der Waals surface area contributed by atoms with Gasteiger partial charge < -0.3 is 14.6 Å². The van der Waals surface area contributed by atoms with E-state index in [0.717, 1.165) is 18.4 Å². The molecule has 0 aliphatic heterocycles. The SMILES string of the molecule is CNC(=O)c1ccc(CN(C(=O)C=Cc2ccco2)C2CC2)cc1. The van der Waals surface area contributed by atoms with Gasteiger partial charge in [-0.2, -0.15) is 0 Å². The van der Waals surface area contributed by atoms with Gasteiger partial charge in [-0.05, 0) is 48.7 Å². The first-order valence-electron chi connectivity index (χ1n) is 8.00. The summed E-state index contributed by atoms with van der Waals surface area (Å²) < 4.78 is 5.21. The van der Waals surface area contributed by atoms with Crippen molar-refractivity contribution in [3.05, 3.63) is 65.6 Å². The van der Waals surface area contributed by atoms with Crippen molar-refractivity contribution in [2.24, 2.45) is 0 Å². The van der Waals surface area contributed by atoms with Crippen LogP contribution in [0.5, 0.6) is 0 Å². The second kappa shape index (κ2) is 7.17. The Morgan fingerprint density at radius 3 is 2.58 bits per heavy atom. The minimum Gasteiger partial charge on any atom is -0.465 e. The average Bonchev–Trinajstić information content (AvgIpc) is 3.32. The van der Waals surface area contributed by atoms with Crippen LogP contribution in [-0.4, -0.2) is 29.8 Å². The van der Waals surface area contributed by atoms with Gasteiger partial charge >= 0.3 is 0 Å². The zero-order valence-electron chi connectivity index (χ0n) is 13.6. The van der Waals surface area contributed by atoms with Gasteiger partial charge in [-0.1, -0.05) is 12.1 Å². The zero-order valence-corrected chi connectivity index (χ0v) is 13.6. The average molecular weight is 324 g/mol. The third kappa shape index (κ3) is 3.93. The van der Waals surface area contributed by atoms with Crippen molar-refractivity contribution >= 4 is 17.9 Å². The van der Waals surface area contributed by atoms with Crippen LogP contribution in [0.3, 0.4) is 0 Å². The maximum absolute atomic E-state index is 12.5. The number of nitrogens with one attached hydrogen (secondary N) is 1. The number of carbonyl (C=O) groups excluding carboxylic acids is 2. The first kappa shape index (κ1) is 16.1. The van der Waals surface area contributed by atoms with Crippen molar-refractivity contribution in [1.82, 2.24) is 10.2 Å². The van der Waals surface area contributed by atoms with Gasteiger partial charge in [0.15, 0.2) is 0 Å². The number of amides is 2. The molecule has 0 bridgehead atoms. The summed E-state index contributed by atoms with van der Waals surface area (Å²) in [4.78, 5) is 25.9. The number of nitrogens with zero attached hydrogens (tertiary/aromatic N) is 1. The fourth-order valence-electron chi connectivity index (χ4n) is 2.51. The molecule has 0 unspecified atom stereocenters. The Labute approximate surface area is 141 Å². The standard InChI is InChI=1S/C19H20N2O3/c1-20-19(23)15-6-4-14(5-7-15)13-21(16-8-9-16)18(22)11-10-17-3-2-12-24-17/h2-7,10-12,16H,8-9,13H2,1H3,(H,20,23). The van der Waals surface area contributed by atoms with Crippen LogP contribution in [-0.2, 0) is 11.3 Å². The molecule has 24 heavy (non-hydrogen) atoms. The number of rotatable bonds is 6. The predicted octanol–water partition coefficient (Wildman–Crippen LogP) is 2.84. The van der Waals surface area contributed by atoms with Crippen LogP contribution >= 0.6 is 0 Å². The van der Waals surface area contributed by atoms with Gasteiger partial charge in [-0.25, -0.2) is 0 Å². The van der Waals surface area contributed by atoms with Crippen molar-refractivity contribution in [1.29, 1.82) is 0 Å². The molecule has 124 valence electrons. The molecule has 1 saturated carbocycles. The van der Waals surface area contributed by atoms with Gasteiger partial charge in [0.1, 0.15) is 5.76 Å². The van der Waals surface area contributed by atoms with Crippen molar-refractivity contribution in [3.8, 4) is 0 Å². The lowest BCUT2D eigenvalue weighted by Gasteiger charge is -2.21. The molecule has 1 N–H and O–H groups in total. The molecule has 5 heteroatoms. The van der Waals surface area contributed by atoms with E-state index in [0.29, 0.717) is 23.9 Å². The fourth-order valence-corrected chi connectivity index (χ4v) is 2.51. The summed E-state index contributed by atoms with van der Waals surface area (Å²) >= 11 is 0. The van der Waals surface area contributed by atoms with E-state index in [4.69, 9.17) is 4.42 Å². The van der Waals surface area contributed by atoms with Crippen LogP contribution in [0, 0.1) is 0 Å². The number of benzene rings is 1. The van der Waals surface area contributed by atoms with E-state index in [1.54, 1.807) is 43.7 Å². The van der Waals surface area contributed by atoms with Crippen molar-refractivity contribution in [2.75, 3.05) is 7.05 Å². The lowest BCUT2D eigenvalue weighted by atomic mass is 10.1. The first-order valence-corrected chi connectivity index (χ1v) is 8.00. The van der Waals surface area contributed by atoms with E-state index in [1.165, 1.54) is 0 Å². The zero-order chi connectivity index (χ0) is 16.9. The van der Waals surface area contributed by atoms with E-state index in [2.05, 4.69) is 5.32 Å².